The van der Waals surface area contributed by atoms with E-state index in [2.05, 4.69) is 10.3 Å². The number of rotatable bonds is 5. The minimum absolute atomic E-state index is 0.00730. The molecule has 1 aliphatic carbocycles. The fourth-order valence-electron chi connectivity index (χ4n) is 4.05. The third-order valence-corrected chi connectivity index (χ3v) is 6.68. The second-order valence-electron chi connectivity index (χ2n) is 7.61. The van der Waals surface area contributed by atoms with Gasteiger partial charge in [-0.25, -0.2) is 9.78 Å². The van der Waals surface area contributed by atoms with E-state index in [0.717, 1.165) is 34.7 Å². The van der Waals surface area contributed by atoms with E-state index < -0.39 is 17.5 Å². The number of thiazole rings is 1. The van der Waals surface area contributed by atoms with Crippen molar-refractivity contribution in [2.24, 2.45) is 5.92 Å². The number of aromatic nitrogens is 1. The molecule has 1 aromatic carbocycles. The van der Waals surface area contributed by atoms with Crippen molar-refractivity contribution in [3.05, 3.63) is 41.4 Å². The van der Waals surface area contributed by atoms with Crippen molar-refractivity contribution in [2.75, 3.05) is 6.54 Å². The van der Waals surface area contributed by atoms with Crippen LogP contribution in [0.25, 0.3) is 10.6 Å². The van der Waals surface area contributed by atoms with Crippen molar-refractivity contribution >= 4 is 29.2 Å². The lowest BCUT2D eigenvalue weighted by molar-refractivity contribution is -0.149. The maximum Gasteiger partial charge on any atom is 0.326 e. The lowest BCUT2D eigenvalue weighted by Gasteiger charge is -2.36. The largest absolute Gasteiger partial charge is 0.458 e. The third-order valence-electron chi connectivity index (χ3n) is 5.74. The summed E-state index contributed by atoms with van der Waals surface area (Å²) in [6.45, 7) is 1.61. The molecule has 1 aliphatic heterocycles. The van der Waals surface area contributed by atoms with Crippen LogP contribution < -0.4 is 5.32 Å². The van der Waals surface area contributed by atoms with Gasteiger partial charge in [-0.1, -0.05) is 50.1 Å². The van der Waals surface area contributed by atoms with E-state index in [1.807, 2.05) is 42.6 Å². The first kappa shape index (κ1) is 19.6. The lowest BCUT2D eigenvalue weighted by atomic mass is 9.73. The molecule has 152 valence electrons. The number of esters is 1. The van der Waals surface area contributed by atoms with Crippen LogP contribution >= 0.6 is 11.3 Å². The smallest absolute Gasteiger partial charge is 0.326 e. The van der Waals surface area contributed by atoms with Crippen molar-refractivity contribution < 1.29 is 19.1 Å². The predicted octanol–water partition coefficient (Wildman–Crippen LogP) is 3.35. The minimum atomic E-state index is -0.866. The van der Waals surface area contributed by atoms with Crippen LogP contribution in [0.4, 0.5) is 4.79 Å². The summed E-state index contributed by atoms with van der Waals surface area (Å²) >= 11 is 1.47. The summed E-state index contributed by atoms with van der Waals surface area (Å²) in [4.78, 5) is 43.0. The zero-order valence-corrected chi connectivity index (χ0v) is 17.0. The van der Waals surface area contributed by atoms with Gasteiger partial charge in [0.25, 0.3) is 5.91 Å². The Morgan fingerprint density at radius 3 is 2.86 bits per heavy atom. The Hall–Kier alpha value is -2.74. The summed E-state index contributed by atoms with van der Waals surface area (Å²) in [7, 11) is 0. The first-order valence-electron chi connectivity index (χ1n) is 9.79. The molecule has 2 heterocycles. The number of hydrogen-bond donors (Lipinski definition) is 1. The van der Waals surface area contributed by atoms with Gasteiger partial charge in [-0.15, -0.1) is 11.3 Å². The quantitative estimate of drug-likeness (QED) is 0.600. The highest BCUT2D eigenvalue weighted by molar-refractivity contribution is 7.13. The van der Waals surface area contributed by atoms with E-state index in [1.165, 1.54) is 11.3 Å². The highest BCUT2D eigenvalue weighted by Crippen LogP contribution is 2.38. The summed E-state index contributed by atoms with van der Waals surface area (Å²) in [6, 6.07) is 9.24. The van der Waals surface area contributed by atoms with Gasteiger partial charge < -0.3 is 10.1 Å². The minimum Gasteiger partial charge on any atom is -0.458 e. The summed E-state index contributed by atoms with van der Waals surface area (Å²) in [5.41, 5.74) is 0.771. The SMILES string of the molecule is C[C@@H]1CCCC[C@@]12NC(=O)N(CC(=O)OCc1csc(-c3ccccc3)n1)C2=O. The van der Waals surface area contributed by atoms with Gasteiger partial charge in [0.05, 0.1) is 5.69 Å². The van der Waals surface area contributed by atoms with Crippen molar-refractivity contribution in [3.8, 4) is 10.6 Å². The van der Waals surface area contributed by atoms with Crippen LogP contribution in [0.3, 0.4) is 0 Å². The molecule has 8 heteroatoms. The third kappa shape index (κ3) is 3.76. The fourth-order valence-corrected chi connectivity index (χ4v) is 4.87. The van der Waals surface area contributed by atoms with E-state index in [9.17, 15) is 14.4 Å². The monoisotopic (exact) mass is 413 g/mol. The number of benzene rings is 1. The maximum atomic E-state index is 12.9. The Kier molecular flexibility index (Phi) is 5.36. The Bertz CT molecular complexity index is 929. The van der Waals surface area contributed by atoms with Gasteiger partial charge in [-0.05, 0) is 18.8 Å². The maximum absolute atomic E-state index is 12.9. The molecule has 1 N–H and O–H groups in total. The number of nitrogens with zero attached hydrogens (tertiary/aromatic N) is 2. The van der Waals surface area contributed by atoms with Gasteiger partial charge in [0, 0.05) is 10.9 Å². The van der Waals surface area contributed by atoms with Gasteiger partial charge in [0.15, 0.2) is 0 Å². The van der Waals surface area contributed by atoms with Crippen LogP contribution in [0.15, 0.2) is 35.7 Å². The molecule has 1 saturated heterocycles. The van der Waals surface area contributed by atoms with Gasteiger partial charge >= 0.3 is 12.0 Å². The average Bonchev–Trinajstić information content (AvgIpc) is 3.29. The van der Waals surface area contributed by atoms with E-state index in [0.29, 0.717) is 12.1 Å². The Morgan fingerprint density at radius 2 is 2.10 bits per heavy atom. The molecule has 2 atom stereocenters. The van der Waals surface area contributed by atoms with E-state index in [1.54, 1.807) is 0 Å². The first-order chi connectivity index (χ1) is 14.0. The van der Waals surface area contributed by atoms with E-state index >= 15 is 0 Å². The normalized spacial score (nSPS) is 24.0. The molecule has 4 rings (SSSR count). The van der Waals surface area contributed by atoms with Crippen LogP contribution in [-0.2, 0) is 20.9 Å². The number of urea groups is 1. The molecule has 0 unspecified atom stereocenters. The van der Waals surface area contributed by atoms with Crippen LogP contribution in [0.2, 0.25) is 0 Å². The Morgan fingerprint density at radius 1 is 1.31 bits per heavy atom. The van der Waals surface area contributed by atoms with Crippen molar-refractivity contribution in [1.82, 2.24) is 15.2 Å². The number of ether oxygens (including phenoxy) is 1. The number of carbonyl (C=O) groups excluding carboxylic acids is 3. The molecular weight excluding hydrogens is 390 g/mol. The Labute approximate surface area is 173 Å². The predicted molar refractivity (Wildman–Crippen MR) is 108 cm³/mol. The number of amides is 3. The van der Waals surface area contributed by atoms with Crippen LogP contribution in [0, 0.1) is 5.92 Å². The van der Waals surface area contributed by atoms with Gasteiger partial charge in [-0.2, -0.15) is 0 Å². The second-order valence-corrected chi connectivity index (χ2v) is 8.47. The summed E-state index contributed by atoms with van der Waals surface area (Å²) in [6.07, 6.45) is 3.44. The molecule has 0 radical (unpaired) electrons. The van der Waals surface area contributed by atoms with Gasteiger partial charge in [-0.3, -0.25) is 14.5 Å². The number of nitrogens with one attached hydrogen (secondary N) is 1. The standard InChI is InChI=1S/C21H23N3O4S/c1-14-7-5-6-10-21(14)19(26)24(20(27)23-21)11-17(25)28-12-16-13-29-18(22-16)15-8-3-2-4-9-15/h2-4,8-9,13-14H,5-7,10-12H2,1H3,(H,23,27)/t14-,21-/m1/s1. The number of carbonyl (C=O) groups is 3. The number of imide groups is 1. The fraction of sp³-hybridized carbons (Fsp3) is 0.429. The molecular formula is C21H23N3O4S. The summed E-state index contributed by atoms with van der Waals surface area (Å²) in [5, 5.41) is 5.52. The highest BCUT2D eigenvalue weighted by atomic mass is 32.1. The molecule has 3 amide bonds. The van der Waals surface area contributed by atoms with Gasteiger partial charge in [0.1, 0.15) is 23.7 Å². The van der Waals surface area contributed by atoms with E-state index in [4.69, 9.17) is 4.74 Å². The molecule has 2 aliphatic rings. The first-order valence-corrected chi connectivity index (χ1v) is 10.7. The zero-order valence-electron chi connectivity index (χ0n) is 16.2. The van der Waals surface area contributed by atoms with Gasteiger partial charge in [0.2, 0.25) is 0 Å². The molecule has 1 spiro atoms. The van der Waals surface area contributed by atoms with Crippen molar-refractivity contribution in [1.29, 1.82) is 0 Å². The molecule has 0 bridgehead atoms. The molecule has 29 heavy (non-hydrogen) atoms. The van der Waals surface area contributed by atoms with Crippen molar-refractivity contribution in [3.63, 3.8) is 0 Å². The molecule has 1 aromatic heterocycles. The van der Waals surface area contributed by atoms with E-state index in [-0.39, 0.29) is 25.0 Å². The summed E-state index contributed by atoms with van der Waals surface area (Å²) in [5.74, 6) is -0.880. The van der Waals surface area contributed by atoms with Crippen LogP contribution in [-0.4, -0.2) is 39.9 Å². The molecule has 1 saturated carbocycles. The lowest BCUT2D eigenvalue weighted by Crippen LogP contribution is -2.54. The van der Waals surface area contributed by atoms with Crippen molar-refractivity contribution in [2.45, 2.75) is 44.8 Å². The zero-order chi connectivity index (χ0) is 20.4. The second kappa shape index (κ2) is 7.94. The molecule has 2 aromatic rings. The van der Waals surface area contributed by atoms with Crippen LogP contribution in [0.5, 0.6) is 0 Å². The molecule has 2 fully saturated rings. The van der Waals surface area contributed by atoms with Crippen LogP contribution in [0.1, 0.15) is 38.3 Å². The highest BCUT2D eigenvalue weighted by Gasteiger charge is 2.55. The number of hydrogen-bond acceptors (Lipinski definition) is 6. The average molecular weight is 413 g/mol. The summed E-state index contributed by atoms with van der Waals surface area (Å²) < 4.78 is 5.27. The molecule has 7 nitrogen and oxygen atoms in total. The topological polar surface area (TPSA) is 88.6 Å². The Balaban J connectivity index is 1.35.